The summed E-state index contributed by atoms with van der Waals surface area (Å²) in [6.07, 6.45) is 0. The summed E-state index contributed by atoms with van der Waals surface area (Å²) in [5, 5.41) is 8.52. The van der Waals surface area contributed by atoms with Crippen molar-refractivity contribution in [3.8, 4) is 11.5 Å². The maximum atomic E-state index is 12.4. The fourth-order valence-corrected chi connectivity index (χ4v) is 3.05. The lowest BCUT2D eigenvalue weighted by atomic mass is 10.2. The van der Waals surface area contributed by atoms with E-state index in [-0.39, 0.29) is 23.7 Å². The van der Waals surface area contributed by atoms with Crippen molar-refractivity contribution in [2.45, 2.75) is 0 Å². The van der Waals surface area contributed by atoms with Gasteiger partial charge in [0.15, 0.2) is 16.6 Å². The lowest BCUT2D eigenvalue weighted by molar-refractivity contribution is 0.0976. The van der Waals surface area contributed by atoms with Gasteiger partial charge in [0.2, 0.25) is 6.79 Å². The van der Waals surface area contributed by atoms with Crippen molar-refractivity contribution < 1.29 is 19.1 Å². The number of ether oxygens (including phenoxy) is 2. The molecule has 0 unspecified atom stereocenters. The van der Waals surface area contributed by atoms with Gasteiger partial charge in [-0.15, -0.1) is 0 Å². The van der Waals surface area contributed by atoms with E-state index in [1.54, 1.807) is 66.7 Å². The number of nitrogens with one attached hydrogen (secondary N) is 3. The predicted octanol–water partition coefficient (Wildman–Crippen LogP) is 3.79. The van der Waals surface area contributed by atoms with Gasteiger partial charge in [0.1, 0.15) is 0 Å². The molecule has 0 radical (unpaired) electrons. The Morgan fingerprint density at radius 1 is 0.733 bits per heavy atom. The highest BCUT2D eigenvalue weighted by Gasteiger charge is 2.17. The SMILES string of the molecule is O=C(NC(=S)Nc1cccc(NC(=O)c2ccccc2)c1)c1ccc2c(c1)OCO2. The van der Waals surface area contributed by atoms with Crippen LogP contribution in [0.25, 0.3) is 0 Å². The summed E-state index contributed by atoms with van der Waals surface area (Å²) in [5.74, 6) is 0.524. The molecule has 3 N–H and O–H groups in total. The zero-order valence-corrected chi connectivity index (χ0v) is 16.5. The van der Waals surface area contributed by atoms with Crippen LogP contribution in [0.1, 0.15) is 20.7 Å². The molecule has 0 spiro atoms. The number of anilines is 2. The van der Waals surface area contributed by atoms with Gasteiger partial charge in [0.25, 0.3) is 11.8 Å². The van der Waals surface area contributed by atoms with Gasteiger partial charge < -0.3 is 20.1 Å². The van der Waals surface area contributed by atoms with Crippen molar-refractivity contribution in [1.29, 1.82) is 0 Å². The number of hydrogen-bond acceptors (Lipinski definition) is 5. The van der Waals surface area contributed by atoms with Gasteiger partial charge in [-0.2, -0.15) is 0 Å². The first kappa shape index (κ1) is 19.4. The van der Waals surface area contributed by atoms with Crippen molar-refractivity contribution >= 4 is 40.5 Å². The van der Waals surface area contributed by atoms with Crippen LogP contribution in [0, 0.1) is 0 Å². The Kier molecular flexibility index (Phi) is 5.58. The lowest BCUT2D eigenvalue weighted by Gasteiger charge is -2.12. The molecule has 8 heteroatoms. The molecule has 0 bridgehead atoms. The van der Waals surface area contributed by atoms with Crippen LogP contribution in [-0.4, -0.2) is 23.7 Å². The average molecular weight is 419 g/mol. The maximum Gasteiger partial charge on any atom is 0.257 e. The number of carbonyl (C=O) groups is 2. The molecule has 4 rings (SSSR count). The maximum absolute atomic E-state index is 12.4. The molecule has 0 saturated heterocycles. The van der Waals surface area contributed by atoms with Crippen LogP contribution in [-0.2, 0) is 0 Å². The highest BCUT2D eigenvalue weighted by atomic mass is 32.1. The Bertz CT molecular complexity index is 1120. The van der Waals surface area contributed by atoms with Crippen LogP contribution in [0.5, 0.6) is 11.5 Å². The molecule has 0 atom stereocenters. The van der Waals surface area contributed by atoms with Crippen molar-refractivity contribution in [2.24, 2.45) is 0 Å². The summed E-state index contributed by atoms with van der Waals surface area (Å²) in [6, 6.07) is 20.8. The first-order valence-corrected chi connectivity index (χ1v) is 9.48. The third-order valence-corrected chi connectivity index (χ3v) is 4.48. The standard InChI is InChI=1S/C22H17N3O4S/c26-20(14-5-2-1-3-6-14)23-16-7-4-8-17(12-16)24-22(30)25-21(27)15-9-10-18-19(11-15)29-13-28-18/h1-12H,13H2,(H,23,26)(H2,24,25,27,30). The summed E-state index contributed by atoms with van der Waals surface area (Å²) in [5.41, 5.74) is 2.17. The molecular weight excluding hydrogens is 402 g/mol. The molecule has 0 saturated carbocycles. The third kappa shape index (κ3) is 4.56. The van der Waals surface area contributed by atoms with E-state index in [0.29, 0.717) is 34.0 Å². The largest absolute Gasteiger partial charge is 0.454 e. The molecule has 0 aromatic heterocycles. The normalized spacial score (nSPS) is 11.5. The van der Waals surface area contributed by atoms with Crippen molar-refractivity contribution in [3.05, 3.63) is 83.9 Å². The second-order valence-electron chi connectivity index (χ2n) is 6.38. The zero-order chi connectivity index (χ0) is 20.9. The van der Waals surface area contributed by atoms with E-state index in [0.717, 1.165) is 0 Å². The summed E-state index contributed by atoms with van der Waals surface area (Å²) >= 11 is 5.23. The number of rotatable bonds is 4. The minimum absolute atomic E-state index is 0.129. The van der Waals surface area contributed by atoms with Crippen molar-refractivity contribution in [2.75, 3.05) is 17.4 Å². The van der Waals surface area contributed by atoms with Gasteiger partial charge in [0, 0.05) is 22.5 Å². The topological polar surface area (TPSA) is 88.7 Å². The summed E-state index contributed by atoms with van der Waals surface area (Å²) in [6.45, 7) is 0.136. The molecule has 0 aliphatic carbocycles. The van der Waals surface area contributed by atoms with Gasteiger partial charge in [0.05, 0.1) is 0 Å². The molecule has 1 aliphatic heterocycles. The number of amides is 2. The number of fused-ring (bicyclic) bond motifs is 1. The van der Waals surface area contributed by atoms with Gasteiger partial charge in [-0.1, -0.05) is 24.3 Å². The second kappa shape index (κ2) is 8.62. The molecule has 1 aliphatic rings. The average Bonchev–Trinajstić information content (AvgIpc) is 3.22. The van der Waals surface area contributed by atoms with E-state index in [1.165, 1.54) is 0 Å². The summed E-state index contributed by atoms with van der Waals surface area (Å²) in [7, 11) is 0. The number of benzene rings is 3. The fourth-order valence-electron chi connectivity index (χ4n) is 2.84. The number of carbonyl (C=O) groups excluding carboxylic acids is 2. The van der Waals surface area contributed by atoms with Gasteiger partial charge in [-0.05, 0) is 60.7 Å². The minimum Gasteiger partial charge on any atom is -0.454 e. The van der Waals surface area contributed by atoms with Gasteiger partial charge in [-0.25, -0.2) is 0 Å². The van der Waals surface area contributed by atoms with E-state index in [4.69, 9.17) is 21.7 Å². The van der Waals surface area contributed by atoms with E-state index in [9.17, 15) is 9.59 Å². The Morgan fingerprint density at radius 3 is 2.27 bits per heavy atom. The first-order valence-electron chi connectivity index (χ1n) is 9.07. The van der Waals surface area contributed by atoms with Crippen LogP contribution >= 0.6 is 12.2 Å². The summed E-state index contributed by atoms with van der Waals surface area (Å²) in [4.78, 5) is 24.7. The molecule has 150 valence electrons. The number of thiocarbonyl (C=S) groups is 1. The van der Waals surface area contributed by atoms with Crippen LogP contribution in [0.2, 0.25) is 0 Å². The van der Waals surface area contributed by atoms with Crippen molar-refractivity contribution in [1.82, 2.24) is 5.32 Å². The molecular formula is C22H17N3O4S. The van der Waals surface area contributed by atoms with Crippen LogP contribution < -0.4 is 25.4 Å². The Labute approximate surface area is 178 Å². The monoisotopic (exact) mass is 419 g/mol. The molecule has 3 aromatic rings. The van der Waals surface area contributed by atoms with Gasteiger partial charge >= 0.3 is 0 Å². The smallest absolute Gasteiger partial charge is 0.257 e. The first-order chi connectivity index (χ1) is 14.6. The quantitative estimate of drug-likeness (QED) is 0.558. The van der Waals surface area contributed by atoms with E-state index < -0.39 is 0 Å². The molecule has 3 aromatic carbocycles. The fraction of sp³-hybridized carbons (Fsp3) is 0.0455. The Balaban J connectivity index is 1.37. The predicted molar refractivity (Wildman–Crippen MR) is 117 cm³/mol. The lowest BCUT2D eigenvalue weighted by Crippen LogP contribution is -2.34. The molecule has 7 nitrogen and oxygen atoms in total. The molecule has 2 amide bonds. The zero-order valence-electron chi connectivity index (χ0n) is 15.7. The van der Waals surface area contributed by atoms with Crippen LogP contribution in [0.3, 0.4) is 0 Å². The highest BCUT2D eigenvalue weighted by Crippen LogP contribution is 2.32. The van der Waals surface area contributed by atoms with E-state index in [1.807, 2.05) is 6.07 Å². The van der Waals surface area contributed by atoms with Gasteiger partial charge in [-0.3, -0.25) is 14.9 Å². The highest BCUT2D eigenvalue weighted by molar-refractivity contribution is 7.80. The Hall–Kier alpha value is -3.91. The molecule has 0 fully saturated rings. The summed E-state index contributed by atoms with van der Waals surface area (Å²) < 4.78 is 10.5. The Morgan fingerprint density at radius 2 is 1.47 bits per heavy atom. The number of hydrogen-bond donors (Lipinski definition) is 3. The van der Waals surface area contributed by atoms with E-state index in [2.05, 4.69) is 16.0 Å². The van der Waals surface area contributed by atoms with Crippen LogP contribution in [0.15, 0.2) is 72.8 Å². The molecule has 30 heavy (non-hydrogen) atoms. The second-order valence-corrected chi connectivity index (χ2v) is 6.79. The third-order valence-electron chi connectivity index (χ3n) is 4.28. The van der Waals surface area contributed by atoms with Crippen LogP contribution in [0.4, 0.5) is 11.4 Å². The van der Waals surface area contributed by atoms with E-state index >= 15 is 0 Å². The minimum atomic E-state index is -0.376. The molecule has 1 heterocycles. The van der Waals surface area contributed by atoms with Crippen molar-refractivity contribution in [3.63, 3.8) is 0 Å².